The van der Waals surface area contributed by atoms with E-state index in [0.29, 0.717) is 6.54 Å². The topological polar surface area (TPSA) is 36.3 Å². The molecule has 14 heavy (non-hydrogen) atoms. The molecular formula is C11H14N2O. The molecule has 1 aromatic rings. The van der Waals surface area contributed by atoms with Crippen LogP contribution in [0.2, 0.25) is 0 Å². The molecule has 1 aromatic carbocycles. The summed E-state index contributed by atoms with van der Waals surface area (Å²) in [5.41, 5.74) is 1.05. The highest BCUT2D eigenvalue weighted by Crippen LogP contribution is 2.18. The van der Waals surface area contributed by atoms with Crippen LogP contribution in [0.4, 0.5) is 5.69 Å². The summed E-state index contributed by atoms with van der Waals surface area (Å²) in [6, 6.07) is 9.85. The van der Waals surface area contributed by atoms with Crippen LogP contribution in [-0.2, 0) is 0 Å². The second kappa shape index (κ2) is 5.13. The average molecular weight is 190 g/mol. The monoisotopic (exact) mass is 190 g/mol. The van der Waals surface area contributed by atoms with E-state index < -0.39 is 0 Å². The fraction of sp³-hybridized carbons (Fsp3) is 0.364. The minimum absolute atomic E-state index is 0.419. The molecule has 0 N–H and O–H groups in total. The Morgan fingerprint density at radius 3 is 2.43 bits per heavy atom. The van der Waals surface area contributed by atoms with Gasteiger partial charge in [-0.3, -0.25) is 0 Å². The van der Waals surface area contributed by atoms with E-state index >= 15 is 0 Å². The van der Waals surface area contributed by atoms with Crippen LogP contribution in [0.15, 0.2) is 24.3 Å². The lowest BCUT2D eigenvalue weighted by molar-refractivity contribution is 0.415. The Balaban J connectivity index is 2.79. The summed E-state index contributed by atoms with van der Waals surface area (Å²) < 4.78 is 5.06. The third kappa shape index (κ3) is 2.40. The largest absolute Gasteiger partial charge is 0.497 e. The molecule has 0 bridgehead atoms. The first-order valence-electron chi connectivity index (χ1n) is 4.57. The molecule has 1 rings (SSSR count). The van der Waals surface area contributed by atoms with Gasteiger partial charge >= 0.3 is 0 Å². The summed E-state index contributed by atoms with van der Waals surface area (Å²) in [4.78, 5) is 2.00. The molecule has 0 fully saturated rings. The maximum Gasteiger partial charge on any atom is 0.119 e. The normalized spacial score (nSPS) is 9.21. The fourth-order valence-corrected chi connectivity index (χ4v) is 1.26. The molecule has 0 unspecified atom stereocenters. The van der Waals surface area contributed by atoms with Crippen molar-refractivity contribution in [1.29, 1.82) is 5.26 Å². The molecule has 0 aliphatic heterocycles. The van der Waals surface area contributed by atoms with Crippen molar-refractivity contribution in [3.05, 3.63) is 24.3 Å². The lowest BCUT2D eigenvalue weighted by Gasteiger charge is -2.19. The number of anilines is 1. The highest BCUT2D eigenvalue weighted by atomic mass is 16.5. The van der Waals surface area contributed by atoms with Gasteiger partial charge in [0.1, 0.15) is 12.3 Å². The summed E-state index contributed by atoms with van der Waals surface area (Å²) in [6.45, 7) is 3.28. The van der Waals surface area contributed by atoms with Crippen molar-refractivity contribution in [1.82, 2.24) is 0 Å². The Bertz CT molecular complexity index is 313. The standard InChI is InChI=1S/C11H14N2O/c1-3-13(9-8-12)10-4-6-11(14-2)7-5-10/h4-7H,3,9H2,1-2H3. The molecule has 74 valence electrons. The van der Waals surface area contributed by atoms with E-state index in [9.17, 15) is 0 Å². The Hall–Kier alpha value is -1.69. The maximum absolute atomic E-state index is 8.61. The highest BCUT2D eigenvalue weighted by molar-refractivity contribution is 5.49. The molecule has 0 aliphatic carbocycles. The van der Waals surface area contributed by atoms with Crippen molar-refractivity contribution >= 4 is 5.69 Å². The number of hydrogen-bond acceptors (Lipinski definition) is 3. The van der Waals surface area contributed by atoms with Crippen LogP contribution in [-0.4, -0.2) is 20.2 Å². The molecular weight excluding hydrogens is 176 g/mol. The average Bonchev–Trinajstić information content (AvgIpc) is 2.26. The van der Waals surface area contributed by atoms with Crippen molar-refractivity contribution in [2.75, 3.05) is 25.1 Å². The van der Waals surface area contributed by atoms with Crippen LogP contribution in [0.5, 0.6) is 5.75 Å². The number of nitriles is 1. The zero-order valence-corrected chi connectivity index (χ0v) is 8.53. The number of nitrogens with zero attached hydrogens (tertiary/aromatic N) is 2. The van der Waals surface area contributed by atoms with Gasteiger partial charge in [-0.2, -0.15) is 5.26 Å². The van der Waals surface area contributed by atoms with E-state index in [1.807, 2.05) is 36.1 Å². The summed E-state index contributed by atoms with van der Waals surface area (Å²) in [7, 11) is 1.64. The number of rotatable bonds is 4. The third-order valence-corrected chi connectivity index (χ3v) is 2.08. The lowest BCUT2D eigenvalue weighted by atomic mass is 10.2. The minimum atomic E-state index is 0.419. The van der Waals surface area contributed by atoms with Gasteiger partial charge in [0, 0.05) is 12.2 Å². The Morgan fingerprint density at radius 2 is 2.00 bits per heavy atom. The molecule has 0 aromatic heterocycles. The van der Waals surface area contributed by atoms with Gasteiger partial charge in [-0.05, 0) is 31.2 Å². The molecule has 0 atom stereocenters. The van der Waals surface area contributed by atoms with Crippen LogP contribution in [0.3, 0.4) is 0 Å². The Labute approximate surface area is 84.5 Å². The molecule has 0 amide bonds. The molecule has 0 radical (unpaired) electrons. The van der Waals surface area contributed by atoms with Gasteiger partial charge in [0.25, 0.3) is 0 Å². The molecule has 0 saturated carbocycles. The second-order valence-electron chi connectivity index (χ2n) is 2.87. The van der Waals surface area contributed by atoms with Gasteiger partial charge < -0.3 is 9.64 Å². The first-order chi connectivity index (χ1) is 6.81. The summed E-state index contributed by atoms with van der Waals surface area (Å²) in [5, 5.41) is 8.61. The van der Waals surface area contributed by atoms with E-state index in [-0.39, 0.29) is 0 Å². The van der Waals surface area contributed by atoms with E-state index in [2.05, 4.69) is 6.07 Å². The van der Waals surface area contributed by atoms with E-state index in [0.717, 1.165) is 18.0 Å². The van der Waals surface area contributed by atoms with Crippen LogP contribution in [0.1, 0.15) is 6.92 Å². The van der Waals surface area contributed by atoms with E-state index in [4.69, 9.17) is 10.00 Å². The van der Waals surface area contributed by atoms with E-state index in [1.165, 1.54) is 0 Å². The molecule has 0 aliphatic rings. The van der Waals surface area contributed by atoms with Crippen LogP contribution < -0.4 is 9.64 Å². The third-order valence-electron chi connectivity index (χ3n) is 2.08. The van der Waals surface area contributed by atoms with Crippen molar-refractivity contribution in [2.45, 2.75) is 6.92 Å². The van der Waals surface area contributed by atoms with Crippen LogP contribution in [0.25, 0.3) is 0 Å². The van der Waals surface area contributed by atoms with Crippen molar-refractivity contribution in [3.63, 3.8) is 0 Å². The van der Waals surface area contributed by atoms with Crippen molar-refractivity contribution in [2.24, 2.45) is 0 Å². The minimum Gasteiger partial charge on any atom is -0.497 e. The van der Waals surface area contributed by atoms with Crippen molar-refractivity contribution in [3.8, 4) is 11.8 Å². The van der Waals surface area contributed by atoms with Gasteiger partial charge in [0.15, 0.2) is 0 Å². The maximum atomic E-state index is 8.61. The van der Waals surface area contributed by atoms with E-state index in [1.54, 1.807) is 7.11 Å². The van der Waals surface area contributed by atoms with Gasteiger partial charge in [-0.1, -0.05) is 0 Å². The SMILES string of the molecule is CCN(CC#N)c1ccc(OC)cc1. The predicted octanol–water partition coefficient (Wildman–Crippen LogP) is 2.05. The van der Waals surface area contributed by atoms with Crippen LogP contribution in [0, 0.1) is 11.3 Å². The lowest BCUT2D eigenvalue weighted by Crippen LogP contribution is -2.22. The van der Waals surface area contributed by atoms with Gasteiger partial charge in [-0.15, -0.1) is 0 Å². The zero-order valence-electron chi connectivity index (χ0n) is 8.53. The van der Waals surface area contributed by atoms with Crippen LogP contribution >= 0.6 is 0 Å². The highest BCUT2D eigenvalue weighted by Gasteiger charge is 2.02. The summed E-state index contributed by atoms with van der Waals surface area (Å²) in [5.74, 6) is 0.835. The van der Waals surface area contributed by atoms with Gasteiger partial charge in [0.05, 0.1) is 13.2 Å². The fourth-order valence-electron chi connectivity index (χ4n) is 1.26. The Morgan fingerprint density at radius 1 is 1.36 bits per heavy atom. The number of benzene rings is 1. The quantitative estimate of drug-likeness (QED) is 0.682. The number of ether oxygens (including phenoxy) is 1. The first kappa shape index (κ1) is 10.4. The number of hydrogen-bond donors (Lipinski definition) is 0. The van der Waals surface area contributed by atoms with Gasteiger partial charge in [0.2, 0.25) is 0 Å². The molecule has 3 nitrogen and oxygen atoms in total. The van der Waals surface area contributed by atoms with Gasteiger partial charge in [-0.25, -0.2) is 0 Å². The molecule has 0 spiro atoms. The van der Waals surface area contributed by atoms with Crippen molar-refractivity contribution < 1.29 is 4.74 Å². The molecule has 0 heterocycles. The second-order valence-corrected chi connectivity index (χ2v) is 2.87. The summed E-state index contributed by atoms with van der Waals surface area (Å²) in [6.07, 6.45) is 0. The smallest absolute Gasteiger partial charge is 0.119 e. The molecule has 0 saturated heterocycles. The zero-order chi connectivity index (χ0) is 10.4. The molecule has 3 heteroatoms. The Kier molecular flexibility index (Phi) is 3.81. The number of methoxy groups -OCH3 is 1. The summed E-state index contributed by atoms with van der Waals surface area (Å²) >= 11 is 0. The first-order valence-corrected chi connectivity index (χ1v) is 4.57. The predicted molar refractivity (Wildman–Crippen MR) is 56.5 cm³/mol.